The van der Waals surface area contributed by atoms with E-state index in [4.69, 9.17) is 5.73 Å². The number of benzene rings is 2. The fourth-order valence-corrected chi connectivity index (χ4v) is 4.41. The molecule has 2 aromatic carbocycles. The number of rotatable bonds is 6. The largest absolute Gasteiger partial charge is 0.399 e. The minimum Gasteiger partial charge on any atom is -0.399 e. The van der Waals surface area contributed by atoms with Gasteiger partial charge in [0.15, 0.2) is 0 Å². The van der Waals surface area contributed by atoms with Gasteiger partial charge < -0.3 is 11.1 Å². The van der Waals surface area contributed by atoms with Gasteiger partial charge in [-0.3, -0.25) is 4.79 Å². The van der Waals surface area contributed by atoms with Gasteiger partial charge in [0, 0.05) is 23.3 Å². The van der Waals surface area contributed by atoms with Crippen molar-refractivity contribution >= 4 is 27.3 Å². The summed E-state index contributed by atoms with van der Waals surface area (Å²) in [6.45, 7) is 7.02. The minimum atomic E-state index is -3.69. The van der Waals surface area contributed by atoms with Gasteiger partial charge in [-0.25, -0.2) is 13.1 Å². The zero-order valence-corrected chi connectivity index (χ0v) is 17.0. The van der Waals surface area contributed by atoms with Gasteiger partial charge in [0.05, 0.1) is 4.90 Å². The third-order valence-corrected chi connectivity index (χ3v) is 5.87. The van der Waals surface area contributed by atoms with Gasteiger partial charge in [-0.2, -0.15) is 0 Å². The lowest BCUT2D eigenvalue weighted by Crippen LogP contribution is -2.40. The molecule has 0 fully saturated rings. The molecule has 0 aliphatic heterocycles. The molecular weight excluding hydrogens is 362 g/mol. The van der Waals surface area contributed by atoms with Crippen LogP contribution >= 0.6 is 0 Å². The number of nitrogens with one attached hydrogen (secondary N) is 2. The number of hydrogen-bond acceptors (Lipinski definition) is 4. The van der Waals surface area contributed by atoms with Crippen molar-refractivity contribution in [2.45, 2.75) is 51.0 Å². The second kappa shape index (κ2) is 8.10. The van der Waals surface area contributed by atoms with E-state index in [1.165, 1.54) is 6.07 Å². The monoisotopic (exact) mass is 389 g/mol. The summed E-state index contributed by atoms with van der Waals surface area (Å²) in [5.41, 5.74) is 7.85. The summed E-state index contributed by atoms with van der Waals surface area (Å²) in [5, 5.41) is 2.80. The average Bonchev–Trinajstić information content (AvgIpc) is 2.53. The van der Waals surface area contributed by atoms with E-state index in [0.29, 0.717) is 23.4 Å². The standard InChI is InChI=1S/C20H27N3O3S/c1-14-17(10-7-11-18(14)27(25,26)23-20(2,3)4)22-19(24)13-12-15-8-5-6-9-16(15)21/h5-11,23H,12-13,21H2,1-4H3,(H,22,24). The topological polar surface area (TPSA) is 101 Å². The molecule has 146 valence electrons. The number of nitrogen functional groups attached to an aromatic ring is 1. The molecule has 0 aliphatic carbocycles. The number of hydrogen-bond donors (Lipinski definition) is 3. The first kappa shape index (κ1) is 20.9. The van der Waals surface area contributed by atoms with Crippen LogP contribution in [0.2, 0.25) is 0 Å². The first-order chi connectivity index (χ1) is 12.5. The van der Waals surface area contributed by atoms with Crippen molar-refractivity contribution in [1.29, 1.82) is 0 Å². The number of nitrogens with two attached hydrogens (primary N) is 1. The van der Waals surface area contributed by atoms with Gasteiger partial charge in [0.2, 0.25) is 15.9 Å². The van der Waals surface area contributed by atoms with Crippen molar-refractivity contribution < 1.29 is 13.2 Å². The van der Waals surface area contributed by atoms with Crippen LogP contribution in [0.15, 0.2) is 47.4 Å². The third kappa shape index (κ3) is 5.80. The molecule has 0 radical (unpaired) electrons. The lowest BCUT2D eigenvalue weighted by molar-refractivity contribution is -0.116. The van der Waals surface area contributed by atoms with Crippen LogP contribution in [-0.2, 0) is 21.2 Å². The molecule has 0 aliphatic rings. The Morgan fingerprint density at radius 2 is 1.74 bits per heavy atom. The highest BCUT2D eigenvalue weighted by molar-refractivity contribution is 7.89. The first-order valence-electron chi connectivity index (χ1n) is 8.76. The molecule has 0 saturated carbocycles. The number of amides is 1. The predicted molar refractivity (Wildman–Crippen MR) is 109 cm³/mol. The molecule has 0 atom stereocenters. The fraction of sp³-hybridized carbons (Fsp3) is 0.350. The Kier molecular flexibility index (Phi) is 6.28. The average molecular weight is 390 g/mol. The van der Waals surface area contributed by atoms with Gasteiger partial charge in [-0.15, -0.1) is 0 Å². The van der Waals surface area contributed by atoms with Crippen molar-refractivity contribution in [2.24, 2.45) is 0 Å². The molecule has 0 heterocycles. The van der Waals surface area contributed by atoms with Crippen molar-refractivity contribution in [1.82, 2.24) is 4.72 Å². The van der Waals surface area contributed by atoms with Crippen molar-refractivity contribution in [3.8, 4) is 0 Å². The second-order valence-corrected chi connectivity index (χ2v) is 9.18. The van der Waals surface area contributed by atoms with Gasteiger partial charge in [0.1, 0.15) is 0 Å². The summed E-state index contributed by atoms with van der Waals surface area (Å²) in [6.07, 6.45) is 0.770. The lowest BCUT2D eigenvalue weighted by Gasteiger charge is -2.22. The summed E-state index contributed by atoms with van der Waals surface area (Å²) in [4.78, 5) is 12.5. The minimum absolute atomic E-state index is 0.155. The Morgan fingerprint density at radius 3 is 2.37 bits per heavy atom. The Labute approximate surface area is 161 Å². The molecule has 0 spiro atoms. The zero-order chi connectivity index (χ0) is 20.2. The van der Waals surface area contributed by atoms with E-state index >= 15 is 0 Å². The maximum absolute atomic E-state index is 12.6. The number of para-hydroxylation sites is 1. The molecule has 1 amide bonds. The number of aryl methyl sites for hydroxylation is 1. The van der Waals surface area contributed by atoms with Crippen LogP contribution < -0.4 is 15.8 Å². The molecule has 0 aromatic heterocycles. The molecule has 6 nitrogen and oxygen atoms in total. The Balaban J connectivity index is 2.13. The second-order valence-electron chi connectivity index (χ2n) is 7.53. The van der Waals surface area contributed by atoms with Crippen molar-refractivity contribution in [3.63, 3.8) is 0 Å². The Hall–Kier alpha value is -2.38. The summed E-state index contributed by atoms with van der Waals surface area (Å²) < 4.78 is 27.9. The molecule has 0 bridgehead atoms. The Morgan fingerprint density at radius 1 is 1.07 bits per heavy atom. The molecule has 0 unspecified atom stereocenters. The van der Waals surface area contributed by atoms with Gasteiger partial charge >= 0.3 is 0 Å². The smallest absolute Gasteiger partial charge is 0.241 e. The van der Waals surface area contributed by atoms with Gasteiger partial charge in [-0.1, -0.05) is 24.3 Å². The lowest BCUT2D eigenvalue weighted by atomic mass is 10.1. The predicted octanol–water partition coefficient (Wildman–Crippen LogP) is 3.23. The molecule has 4 N–H and O–H groups in total. The highest BCUT2D eigenvalue weighted by Crippen LogP contribution is 2.24. The van der Waals surface area contributed by atoms with Crippen LogP contribution in [-0.4, -0.2) is 19.9 Å². The molecule has 2 aromatic rings. The van der Waals surface area contributed by atoms with Crippen molar-refractivity contribution in [3.05, 3.63) is 53.6 Å². The van der Waals surface area contributed by atoms with Crippen LogP contribution in [0.25, 0.3) is 0 Å². The summed E-state index contributed by atoms with van der Waals surface area (Å²) in [5.74, 6) is -0.195. The molecule has 27 heavy (non-hydrogen) atoms. The van der Waals surface area contributed by atoms with E-state index in [2.05, 4.69) is 10.0 Å². The van der Waals surface area contributed by atoms with E-state index in [0.717, 1.165) is 5.56 Å². The summed E-state index contributed by atoms with van der Waals surface area (Å²) in [6, 6.07) is 12.3. The Bertz CT molecular complexity index is 932. The van der Waals surface area contributed by atoms with E-state index in [1.807, 2.05) is 18.2 Å². The van der Waals surface area contributed by atoms with E-state index in [1.54, 1.807) is 45.9 Å². The maximum Gasteiger partial charge on any atom is 0.241 e. The molecule has 7 heteroatoms. The molecule has 0 saturated heterocycles. The normalized spacial score (nSPS) is 12.0. The van der Waals surface area contributed by atoms with Crippen LogP contribution in [0.1, 0.15) is 38.3 Å². The summed E-state index contributed by atoms with van der Waals surface area (Å²) >= 11 is 0. The van der Waals surface area contributed by atoms with Crippen LogP contribution in [0.3, 0.4) is 0 Å². The highest BCUT2D eigenvalue weighted by Gasteiger charge is 2.24. The van der Waals surface area contributed by atoms with E-state index < -0.39 is 15.6 Å². The first-order valence-corrected chi connectivity index (χ1v) is 10.2. The fourth-order valence-electron chi connectivity index (χ4n) is 2.72. The van der Waals surface area contributed by atoms with E-state index in [9.17, 15) is 13.2 Å². The van der Waals surface area contributed by atoms with Crippen LogP contribution in [0, 0.1) is 6.92 Å². The number of carbonyl (C=O) groups is 1. The molecule has 2 rings (SSSR count). The van der Waals surface area contributed by atoms with Crippen molar-refractivity contribution in [2.75, 3.05) is 11.1 Å². The quantitative estimate of drug-likeness (QED) is 0.660. The summed E-state index contributed by atoms with van der Waals surface area (Å²) in [7, 11) is -3.69. The zero-order valence-electron chi connectivity index (χ0n) is 16.2. The van der Waals surface area contributed by atoms with Gasteiger partial charge in [-0.05, 0) is 63.4 Å². The maximum atomic E-state index is 12.6. The highest BCUT2D eigenvalue weighted by atomic mass is 32.2. The van der Waals surface area contributed by atoms with Crippen LogP contribution in [0.5, 0.6) is 0 Å². The molecular formula is C20H27N3O3S. The SMILES string of the molecule is Cc1c(NC(=O)CCc2ccccc2N)cccc1S(=O)(=O)NC(C)(C)C. The number of carbonyl (C=O) groups excluding carboxylic acids is 1. The number of sulfonamides is 1. The third-order valence-electron chi connectivity index (χ3n) is 3.96. The van der Waals surface area contributed by atoms with E-state index in [-0.39, 0.29) is 17.2 Å². The van der Waals surface area contributed by atoms with Gasteiger partial charge in [0.25, 0.3) is 0 Å². The number of anilines is 2. The van der Waals surface area contributed by atoms with Crippen LogP contribution in [0.4, 0.5) is 11.4 Å².